The van der Waals surface area contributed by atoms with Gasteiger partial charge in [-0.15, -0.1) is 11.3 Å². The summed E-state index contributed by atoms with van der Waals surface area (Å²) in [6, 6.07) is 0. The van der Waals surface area contributed by atoms with Gasteiger partial charge in [0.1, 0.15) is 10.8 Å². The molecule has 0 atom stereocenters. The number of aryl methyl sites for hydroxylation is 1. The monoisotopic (exact) mass is 229 g/mol. The van der Waals surface area contributed by atoms with Gasteiger partial charge in [0.2, 0.25) is 0 Å². The minimum Gasteiger partial charge on any atom is -0.383 e. The fourth-order valence-corrected chi connectivity index (χ4v) is 2.95. The zero-order chi connectivity index (χ0) is 10.6. The largest absolute Gasteiger partial charge is 0.383 e. The van der Waals surface area contributed by atoms with Gasteiger partial charge in [0.25, 0.3) is 0 Å². The van der Waals surface area contributed by atoms with Gasteiger partial charge in [0.15, 0.2) is 0 Å². The number of nitrogens with one attached hydrogen (secondary N) is 1. The van der Waals surface area contributed by atoms with Crippen molar-refractivity contribution >= 4 is 28.9 Å². The lowest BCUT2D eigenvalue weighted by Gasteiger charge is -1.93. The molecule has 5 heteroatoms. The normalized spacial score (nSPS) is 10.4. The van der Waals surface area contributed by atoms with E-state index >= 15 is 0 Å². The minimum atomic E-state index is 0.131. The molecule has 0 spiro atoms. The Morgan fingerprint density at radius 2 is 2.36 bits per heavy atom. The van der Waals surface area contributed by atoms with Gasteiger partial charge in [0, 0.05) is 5.75 Å². The van der Waals surface area contributed by atoms with Gasteiger partial charge in [-0.05, 0) is 19.1 Å². The molecule has 0 fully saturated rings. The van der Waals surface area contributed by atoms with E-state index in [1.54, 1.807) is 0 Å². The van der Waals surface area contributed by atoms with E-state index < -0.39 is 0 Å². The summed E-state index contributed by atoms with van der Waals surface area (Å²) in [6.45, 7) is 4.07. The standard InChI is InChI=1S/C9H15N3S2/c1-3-4-13-5-7-12-6(2)8(14-7)9(10)11/h3-5H2,1-2H3,(H3,10,11). The van der Waals surface area contributed by atoms with Crippen molar-refractivity contribution in [1.82, 2.24) is 4.98 Å². The Morgan fingerprint density at radius 1 is 1.64 bits per heavy atom. The maximum absolute atomic E-state index is 7.34. The molecule has 14 heavy (non-hydrogen) atoms. The Bertz CT molecular complexity index is 320. The van der Waals surface area contributed by atoms with Crippen LogP contribution >= 0.6 is 23.1 Å². The van der Waals surface area contributed by atoms with Crippen LogP contribution in [0, 0.1) is 12.3 Å². The summed E-state index contributed by atoms with van der Waals surface area (Å²) in [5.74, 6) is 2.23. The van der Waals surface area contributed by atoms with E-state index in [9.17, 15) is 0 Å². The van der Waals surface area contributed by atoms with Crippen molar-refractivity contribution in [1.29, 1.82) is 5.41 Å². The van der Waals surface area contributed by atoms with Crippen LogP contribution in [-0.2, 0) is 5.75 Å². The Hall–Kier alpha value is -0.550. The fourth-order valence-electron chi connectivity index (χ4n) is 1.07. The molecule has 0 amide bonds. The molecule has 0 aliphatic rings. The van der Waals surface area contributed by atoms with Crippen molar-refractivity contribution in [3.8, 4) is 0 Å². The molecule has 78 valence electrons. The van der Waals surface area contributed by atoms with Gasteiger partial charge >= 0.3 is 0 Å². The van der Waals surface area contributed by atoms with Gasteiger partial charge in [-0.25, -0.2) is 4.98 Å². The van der Waals surface area contributed by atoms with E-state index in [0.717, 1.165) is 27.1 Å². The van der Waals surface area contributed by atoms with E-state index in [1.807, 2.05) is 18.7 Å². The molecule has 0 saturated heterocycles. The van der Waals surface area contributed by atoms with Crippen LogP contribution in [0.1, 0.15) is 28.9 Å². The fraction of sp³-hybridized carbons (Fsp3) is 0.556. The molecule has 1 heterocycles. The van der Waals surface area contributed by atoms with E-state index in [2.05, 4.69) is 11.9 Å². The number of nitrogens with two attached hydrogens (primary N) is 1. The summed E-state index contributed by atoms with van der Waals surface area (Å²) in [4.78, 5) is 5.20. The highest BCUT2D eigenvalue weighted by Gasteiger charge is 2.09. The molecule has 0 aliphatic carbocycles. The van der Waals surface area contributed by atoms with Crippen LogP contribution in [0.5, 0.6) is 0 Å². The second-order valence-electron chi connectivity index (χ2n) is 2.99. The van der Waals surface area contributed by atoms with Crippen LogP contribution in [0.2, 0.25) is 0 Å². The van der Waals surface area contributed by atoms with E-state index in [1.165, 1.54) is 17.8 Å². The van der Waals surface area contributed by atoms with Gasteiger partial charge in [-0.1, -0.05) is 6.92 Å². The maximum Gasteiger partial charge on any atom is 0.135 e. The average molecular weight is 229 g/mol. The van der Waals surface area contributed by atoms with Crippen LogP contribution in [0.4, 0.5) is 0 Å². The molecule has 0 bridgehead atoms. The smallest absolute Gasteiger partial charge is 0.135 e. The van der Waals surface area contributed by atoms with Gasteiger partial charge < -0.3 is 5.73 Å². The van der Waals surface area contributed by atoms with Crippen molar-refractivity contribution < 1.29 is 0 Å². The minimum absolute atomic E-state index is 0.131. The first-order valence-electron chi connectivity index (χ1n) is 4.53. The maximum atomic E-state index is 7.34. The van der Waals surface area contributed by atoms with Crippen LogP contribution in [0.25, 0.3) is 0 Å². The molecule has 0 aromatic carbocycles. The predicted octanol–water partition coefficient (Wildman–Crippen LogP) is 2.38. The van der Waals surface area contributed by atoms with Crippen LogP contribution in [0.3, 0.4) is 0 Å². The molecule has 3 nitrogen and oxygen atoms in total. The summed E-state index contributed by atoms with van der Waals surface area (Å²) in [6.07, 6.45) is 1.19. The highest BCUT2D eigenvalue weighted by molar-refractivity contribution is 7.98. The summed E-state index contributed by atoms with van der Waals surface area (Å²) in [5, 5.41) is 8.42. The first-order valence-corrected chi connectivity index (χ1v) is 6.50. The second kappa shape index (κ2) is 5.36. The number of nitrogen functional groups attached to an aromatic ring is 1. The average Bonchev–Trinajstić information content (AvgIpc) is 2.47. The van der Waals surface area contributed by atoms with E-state index in [-0.39, 0.29) is 5.84 Å². The third-order valence-corrected chi connectivity index (χ3v) is 4.21. The van der Waals surface area contributed by atoms with Crippen molar-refractivity contribution in [3.63, 3.8) is 0 Å². The van der Waals surface area contributed by atoms with Crippen LogP contribution in [-0.4, -0.2) is 16.6 Å². The summed E-state index contributed by atoms with van der Waals surface area (Å²) in [7, 11) is 0. The lowest BCUT2D eigenvalue weighted by atomic mass is 10.4. The van der Waals surface area contributed by atoms with Crippen molar-refractivity contribution in [2.45, 2.75) is 26.0 Å². The van der Waals surface area contributed by atoms with Crippen molar-refractivity contribution in [2.75, 3.05) is 5.75 Å². The van der Waals surface area contributed by atoms with Gasteiger partial charge in [-0.2, -0.15) is 11.8 Å². The quantitative estimate of drug-likeness (QED) is 0.463. The number of thiazole rings is 1. The highest BCUT2D eigenvalue weighted by Crippen LogP contribution is 2.21. The predicted molar refractivity (Wildman–Crippen MR) is 64.3 cm³/mol. The third kappa shape index (κ3) is 2.99. The van der Waals surface area contributed by atoms with Crippen molar-refractivity contribution in [2.24, 2.45) is 5.73 Å². The Kier molecular flexibility index (Phi) is 4.41. The molecule has 3 N–H and O–H groups in total. The first-order chi connectivity index (χ1) is 6.65. The Balaban J connectivity index is 2.62. The highest BCUT2D eigenvalue weighted by atomic mass is 32.2. The molecule has 0 unspecified atom stereocenters. The lowest BCUT2D eigenvalue weighted by Crippen LogP contribution is -2.10. The molecule has 0 saturated carbocycles. The zero-order valence-electron chi connectivity index (χ0n) is 8.46. The molecule has 0 aliphatic heterocycles. The number of nitrogens with zero attached hydrogens (tertiary/aromatic N) is 1. The topological polar surface area (TPSA) is 62.8 Å². The number of hydrogen-bond donors (Lipinski definition) is 2. The Labute approximate surface area is 92.6 Å². The summed E-state index contributed by atoms with van der Waals surface area (Å²) < 4.78 is 0. The molecule has 1 aromatic heterocycles. The first kappa shape index (κ1) is 11.5. The number of hydrogen-bond acceptors (Lipinski definition) is 4. The number of amidine groups is 1. The molecule has 1 rings (SSSR count). The second-order valence-corrected chi connectivity index (χ2v) is 5.18. The number of thioether (sulfide) groups is 1. The zero-order valence-corrected chi connectivity index (χ0v) is 10.1. The van der Waals surface area contributed by atoms with Crippen LogP contribution in [0.15, 0.2) is 0 Å². The van der Waals surface area contributed by atoms with Crippen LogP contribution < -0.4 is 5.73 Å². The molecular weight excluding hydrogens is 214 g/mol. The van der Waals surface area contributed by atoms with Gasteiger partial charge in [0.05, 0.1) is 10.6 Å². The Morgan fingerprint density at radius 3 is 2.86 bits per heavy atom. The van der Waals surface area contributed by atoms with Crippen molar-refractivity contribution in [3.05, 3.63) is 15.6 Å². The SMILES string of the molecule is CCCSCc1nc(C)c(C(=N)N)s1. The van der Waals surface area contributed by atoms with Gasteiger partial charge in [-0.3, -0.25) is 5.41 Å². The molecular formula is C9H15N3S2. The van der Waals surface area contributed by atoms with E-state index in [4.69, 9.17) is 11.1 Å². The summed E-state index contributed by atoms with van der Waals surface area (Å²) >= 11 is 3.41. The summed E-state index contributed by atoms with van der Waals surface area (Å²) in [5.41, 5.74) is 6.31. The molecule has 1 aromatic rings. The lowest BCUT2D eigenvalue weighted by molar-refractivity contribution is 1.10. The number of rotatable bonds is 5. The third-order valence-electron chi connectivity index (χ3n) is 1.66. The molecule has 0 radical (unpaired) electrons. The van der Waals surface area contributed by atoms with E-state index in [0.29, 0.717) is 0 Å². The number of aromatic nitrogens is 1.